The molecule has 0 fully saturated rings. The first-order valence-corrected chi connectivity index (χ1v) is 6.90. The lowest BCUT2D eigenvalue weighted by Gasteiger charge is -2.18. The second-order valence-corrected chi connectivity index (χ2v) is 4.77. The zero-order valence-electron chi connectivity index (χ0n) is 12.0. The van der Waals surface area contributed by atoms with Gasteiger partial charge in [-0.3, -0.25) is 15.0 Å². The SMILES string of the molecule is N=C(N)N(C(=O)CCc1ccccc1)C(=O)c1ccccc1. The molecule has 5 nitrogen and oxygen atoms in total. The predicted octanol–water partition coefficient (Wildman–Crippen LogP) is 2.18. The summed E-state index contributed by atoms with van der Waals surface area (Å²) in [6, 6.07) is 17.8. The Balaban J connectivity index is 2.09. The molecular weight excluding hydrogens is 278 g/mol. The van der Waals surface area contributed by atoms with Crippen LogP contribution in [0.1, 0.15) is 22.3 Å². The van der Waals surface area contributed by atoms with Crippen molar-refractivity contribution in [2.75, 3.05) is 0 Å². The Labute approximate surface area is 128 Å². The number of nitrogens with two attached hydrogens (primary N) is 1. The number of aryl methyl sites for hydroxylation is 1. The van der Waals surface area contributed by atoms with E-state index >= 15 is 0 Å². The van der Waals surface area contributed by atoms with Crippen LogP contribution >= 0.6 is 0 Å². The number of rotatable bonds is 4. The molecule has 112 valence electrons. The van der Waals surface area contributed by atoms with Gasteiger partial charge in [0.1, 0.15) is 0 Å². The molecule has 0 atom stereocenters. The number of hydrogen-bond donors (Lipinski definition) is 2. The van der Waals surface area contributed by atoms with Crippen molar-refractivity contribution in [3.8, 4) is 0 Å². The van der Waals surface area contributed by atoms with Gasteiger partial charge in [-0.25, -0.2) is 4.90 Å². The fourth-order valence-electron chi connectivity index (χ4n) is 2.07. The van der Waals surface area contributed by atoms with Crippen molar-refractivity contribution >= 4 is 17.8 Å². The van der Waals surface area contributed by atoms with E-state index < -0.39 is 17.8 Å². The van der Waals surface area contributed by atoms with Gasteiger partial charge >= 0.3 is 0 Å². The molecule has 5 heteroatoms. The van der Waals surface area contributed by atoms with Crippen LogP contribution in [0, 0.1) is 5.41 Å². The molecule has 0 spiro atoms. The van der Waals surface area contributed by atoms with Crippen LogP contribution in [0.25, 0.3) is 0 Å². The van der Waals surface area contributed by atoms with E-state index in [-0.39, 0.29) is 6.42 Å². The van der Waals surface area contributed by atoms with Crippen LogP contribution < -0.4 is 5.73 Å². The molecule has 0 unspecified atom stereocenters. The standard InChI is InChI=1S/C17H17N3O2/c18-17(19)20(16(22)14-9-5-2-6-10-14)15(21)12-11-13-7-3-1-4-8-13/h1-10H,11-12H2,(H3,18,19). The summed E-state index contributed by atoms with van der Waals surface area (Å²) < 4.78 is 0. The minimum absolute atomic E-state index is 0.113. The summed E-state index contributed by atoms with van der Waals surface area (Å²) in [6.07, 6.45) is 0.605. The fraction of sp³-hybridized carbons (Fsp3) is 0.118. The topological polar surface area (TPSA) is 87.2 Å². The second kappa shape index (κ2) is 7.17. The van der Waals surface area contributed by atoms with E-state index in [2.05, 4.69) is 0 Å². The zero-order valence-corrected chi connectivity index (χ0v) is 12.0. The van der Waals surface area contributed by atoms with Crippen LogP contribution in [0.4, 0.5) is 0 Å². The molecule has 2 rings (SSSR count). The highest BCUT2D eigenvalue weighted by Gasteiger charge is 2.25. The zero-order chi connectivity index (χ0) is 15.9. The van der Waals surface area contributed by atoms with Crippen molar-refractivity contribution in [3.05, 3.63) is 71.8 Å². The average molecular weight is 295 g/mol. The lowest BCUT2D eigenvalue weighted by Crippen LogP contribution is -2.45. The smallest absolute Gasteiger partial charge is 0.267 e. The maximum absolute atomic E-state index is 12.3. The first kappa shape index (κ1) is 15.4. The van der Waals surface area contributed by atoms with Crippen molar-refractivity contribution in [1.29, 1.82) is 5.41 Å². The molecule has 0 saturated carbocycles. The van der Waals surface area contributed by atoms with Gasteiger partial charge in [0.05, 0.1) is 0 Å². The number of benzene rings is 2. The summed E-state index contributed by atoms with van der Waals surface area (Å²) in [6.45, 7) is 0. The third-order valence-corrected chi connectivity index (χ3v) is 3.18. The Bertz CT molecular complexity index is 669. The normalized spacial score (nSPS) is 10.0. The third-order valence-electron chi connectivity index (χ3n) is 3.18. The molecule has 0 heterocycles. The Hall–Kier alpha value is -2.95. The molecule has 22 heavy (non-hydrogen) atoms. The highest BCUT2D eigenvalue weighted by atomic mass is 16.2. The summed E-state index contributed by atoms with van der Waals surface area (Å²) in [5, 5.41) is 7.51. The van der Waals surface area contributed by atoms with Gasteiger partial charge in [-0.2, -0.15) is 0 Å². The quantitative estimate of drug-likeness (QED) is 0.669. The fourth-order valence-corrected chi connectivity index (χ4v) is 2.07. The van der Waals surface area contributed by atoms with Gasteiger partial charge in [0, 0.05) is 12.0 Å². The maximum Gasteiger partial charge on any atom is 0.267 e. The first-order chi connectivity index (χ1) is 10.6. The molecule has 0 aliphatic rings. The number of amides is 2. The van der Waals surface area contributed by atoms with Gasteiger partial charge in [-0.05, 0) is 24.1 Å². The number of guanidine groups is 1. The number of imide groups is 1. The summed E-state index contributed by atoms with van der Waals surface area (Å²) in [5.41, 5.74) is 6.73. The molecule has 2 aromatic carbocycles. The Morgan fingerprint density at radius 3 is 2.05 bits per heavy atom. The van der Waals surface area contributed by atoms with E-state index in [1.54, 1.807) is 30.3 Å². The van der Waals surface area contributed by atoms with Crippen LogP contribution in [0.2, 0.25) is 0 Å². The average Bonchev–Trinajstić information content (AvgIpc) is 2.54. The lowest BCUT2D eigenvalue weighted by atomic mass is 10.1. The van der Waals surface area contributed by atoms with Gasteiger partial charge in [-0.15, -0.1) is 0 Å². The van der Waals surface area contributed by atoms with Crippen molar-refractivity contribution in [2.45, 2.75) is 12.8 Å². The van der Waals surface area contributed by atoms with Crippen LogP contribution in [-0.2, 0) is 11.2 Å². The number of hydrogen-bond acceptors (Lipinski definition) is 3. The van der Waals surface area contributed by atoms with E-state index in [1.165, 1.54) is 0 Å². The molecule has 2 aromatic rings. The number of carbonyl (C=O) groups is 2. The Morgan fingerprint density at radius 2 is 1.50 bits per heavy atom. The van der Waals surface area contributed by atoms with E-state index in [1.807, 2.05) is 30.3 Å². The van der Waals surface area contributed by atoms with E-state index in [4.69, 9.17) is 11.1 Å². The molecule has 2 amide bonds. The lowest BCUT2D eigenvalue weighted by molar-refractivity contribution is -0.125. The molecule has 3 N–H and O–H groups in total. The van der Waals surface area contributed by atoms with Crippen LogP contribution in [-0.4, -0.2) is 22.7 Å². The molecule has 0 radical (unpaired) electrons. The van der Waals surface area contributed by atoms with Gasteiger partial charge < -0.3 is 5.73 Å². The molecule has 0 aromatic heterocycles. The van der Waals surface area contributed by atoms with Gasteiger partial charge in [0.15, 0.2) is 0 Å². The van der Waals surface area contributed by atoms with E-state index in [0.717, 1.165) is 10.5 Å². The monoisotopic (exact) mass is 295 g/mol. The first-order valence-electron chi connectivity index (χ1n) is 6.90. The number of nitrogens with zero attached hydrogens (tertiary/aromatic N) is 1. The highest BCUT2D eigenvalue weighted by molar-refractivity contribution is 6.16. The summed E-state index contributed by atoms with van der Waals surface area (Å²) in [4.78, 5) is 25.3. The molecule has 0 aliphatic carbocycles. The van der Waals surface area contributed by atoms with Gasteiger partial charge in [-0.1, -0.05) is 48.5 Å². The minimum Gasteiger partial charge on any atom is -0.369 e. The number of carbonyl (C=O) groups excluding carboxylic acids is 2. The van der Waals surface area contributed by atoms with E-state index in [9.17, 15) is 9.59 Å². The predicted molar refractivity (Wildman–Crippen MR) is 84.3 cm³/mol. The van der Waals surface area contributed by atoms with E-state index in [0.29, 0.717) is 12.0 Å². The van der Waals surface area contributed by atoms with Crippen molar-refractivity contribution in [3.63, 3.8) is 0 Å². The van der Waals surface area contributed by atoms with Crippen molar-refractivity contribution in [2.24, 2.45) is 5.73 Å². The highest BCUT2D eigenvalue weighted by Crippen LogP contribution is 2.09. The molecule has 0 aliphatic heterocycles. The Morgan fingerprint density at radius 1 is 0.955 bits per heavy atom. The van der Waals surface area contributed by atoms with Gasteiger partial charge in [0.25, 0.3) is 5.91 Å². The van der Waals surface area contributed by atoms with Crippen LogP contribution in [0.5, 0.6) is 0 Å². The van der Waals surface area contributed by atoms with Crippen LogP contribution in [0.3, 0.4) is 0 Å². The summed E-state index contributed by atoms with van der Waals surface area (Å²) in [5.74, 6) is -1.62. The molecule has 0 saturated heterocycles. The maximum atomic E-state index is 12.3. The van der Waals surface area contributed by atoms with Crippen LogP contribution in [0.15, 0.2) is 60.7 Å². The summed E-state index contributed by atoms with van der Waals surface area (Å²) >= 11 is 0. The summed E-state index contributed by atoms with van der Waals surface area (Å²) in [7, 11) is 0. The minimum atomic E-state index is -0.578. The molecule has 0 bridgehead atoms. The number of nitrogens with one attached hydrogen (secondary N) is 1. The molecular formula is C17H17N3O2. The third kappa shape index (κ3) is 3.79. The largest absolute Gasteiger partial charge is 0.369 e. The van der Waals surface area contributed by atoms with Crippen molar-refractivity contribution in [1.82, 2.24) is 4.90 Å². The Kier molecular flexibility index (Phi) is 5.03. The van der Waals surface area contributed by atoms with Crippen molar-refractivity contribution < 1.29 is 9.59 Å². The second-order valence-electron chi connectivity index (χ2n) is 4.77. The van der Waals surface area contributed by atoms with Gasteiger partial charge in [0.2, 0.25) is 11.9 Å².